The van der Waals surface area contributed by atoms with Crippen molar-refractivity contribution in [1.82, 2.24) is 0 Å². The molecule has 0 atom stereocenters. The van der Waals surface area contributed by atoms with E-state index >= 15 is 0 Å². The smallest absolute Gasteiger partial charge is 0.287 e. The first-order chi connectivity index (χ1) is 6.61. The predicted molar refractivity (Wildman–Crippen MR) is 62.9 cm³/mol. The zero-order chi connectivity index (χ0) is 10.3. The molecule has 6 heteroatoms. The van der Waals surface area contributed by atoms with Crippen LogP contribution in [0, 0.1) is 13.7 Å². The van der Waals surface area contributed by atoms with Gasteiger partial charge in [0.15, 0.2) is 0 Å². The quantitative estimate of drug-likeness (QED) is 0.499. The van der Waals surface area contributed by atoms with E-state index in [1.165, 1.54) is 22.8 Å². The van der Waals surface area contributed by atoms with Crippen LogP contribution in [-0.4, -0.2) is 10.0 Å². The summed E-state index contributed by atoms with van der Waals surface area (Å²) in [5.74, 6) is 0.162. The number of hydrogen-bond donors (Lipinski definition) is 1. The third-order valence-corrected chi connectivity index (χ3v) is 4.30. The van der Waals surface area contributed by atoms with Crippen LogP contribution in [0.5, 0.6) is 5.75 Å². The Morgan fingerprint density at radius 2 is 2.21 bits per heavy atom. The van der Waals surface area contributed by atoms with Crippen LogP contribution >= 0.6 is 33.9 Å². The van der Waals surface area contributed by atoms with Gasteiger partial charge in [0.2, 0.25) is 0 Å². The van der Waals surface area contributed by atoms with Crippen molar-refractivity contribution < 1.29 is 10.0 Å². The molecule has 72 valence electrons. The molecule has 0 amide bonds. The molecule has 1 aromatic carbocycles. The molecule has 1 heterocycles. The molecule has 14 heavy (non-hydrogen) atoms. The fourth-order valence-corrected chi connectivity index (χ4v) is 2.98. The molecule has 0 unspecified atom stereocenters. The van der Waals surface area contributed by atoms with Gasteiger partial charge in [0.25, 0.3) is 5.69 Å². The molecule has 0 spiro atoms. The van der Waals surface area contributed by atoms with E-state index < -0.39 is 4.92 Å². The Bertz CT molecular complexity index is 523. The fourth-order valence-electron chi connectivity index (χ4n) is 1.18. The maximum absolute atomic E-state index is 10.6. The van der Waals surface area contributed by atoms with Crippen molar-refractivity contribution in [3.8, 4) is 5.75 Å². The minimum Gasteiger partial charge on any atom is -0.507 e. The molecule has 0 bridgehead atoms. The summed E-state index contributed by atoms with van der Waals surface area (Å²) in [6.07, 6.45) is 0. The summed E-state index contributed by atoms with van der Waals surface area (Å²) in [5.41, 5.74) is 0.0999. The van der Waals surface area contributed by atoms with Crippen molar-refractivity contribution >= 4 is 49.7 Å². The second kappa shape index (κ2) is 3.35. The molecule has 1 aromatic heterocycles. The van der Waals surface area contributed by atoms with E-state index in [0.717, 1.165) is 4.70 Å². The highest BCUT2D eigenvalue weighted by molar-refractivity contribution is 14.1. The SMILES string of the molecule is O=[N+]([O-])c1csc2c(I)c(O)ccc12. The van der Waals surface area contributed by atoms with Gasteiger partial charge in [-0.3, -0.25) is 10.1 Å². The number of hydrogen-bond acceptors (Lipinski definition) is 4. The first-order valence-corrected chi connectivity index (χ1v) is 5.60. The molecular formula is C8H4INO3S. The van der Waals surface area contributed by atoms with E-state index in [1.807, 2.05) is 22.6 Å². The summed E-state index contributed by atoms with van der Waals surface area (Å²) in [7, 11) is 0. The van der Waals surface area contributed by atoms with Crippen LogP contribution in [-0.2, 0) is 0 Å². The van der Waals surface area contributed by atoms with E-state index in [9.17, 15) is 15.2 Å². The van der Waals surface area contributed by atoms with Crippen LogP contribution in [0.1, 0.15) is 0 Å². The van der Waals surface area contributed by atoms with Crippen LogP contribution in [0.4, 0.5) is 5.69 Å². The van der Waals surface area contributed by atoms with Gasteiger partial charge in [0.05, 0.1) is 24.0 Å². The normalized spacial score (nSPS) is 10.6. The fraction of sp³-hybridized carbons (Fsp3) is 0. The van der Waals surface area contributed by atoms with E-state index in [4.69, 9.17) is 0 Å². The molecule has 1 N–H and O–H groups in total. The van der Waals surface area contributed by atoms with Crippen molar-refractivity contribution in [3.05, 3.63) is 31.2 Å². The Morgan fingerprint density at radius 1 is 1.50 bits per heavy atom. The molecule has 0 fully saturated rings. The molecule has 0 aliphatic carbocycles. The summed E-state index contributed by atoms with van der Waals surface area (Å²) in [6, 6.07) is 3.05. The number of halogens is 1. The monoisotopic (exact) mass is 321 g/mol. The van der Waals surface area contributed by atoms with Gasteiger partial charge >= 0.3 is 0 Å². The highest BCUT2D eigenvalue weighted by Crippen LogP contribution is 2.38. The minimum atomic E-state index is -0.411. The predicted octanol–water partition coefficient (Wildman–Crippen LogP) is 3.12. The highest BCUT2D eigenvalue weighted by atomic mass is 127. The number of nitrogens with zero attached hydrogens (tertiary/aromatic N) is 1. The van der Waals surface area contributed by atoms with Gasteiger partial charge in [-0.2, -0.15) is 0 Å². The summed E-state index contributed by atoms with van der Waals surface area (Å²) in [6.45, 7) is 0. The summed E-state index contributed by atoms with van der Waals surface area (Å²) >= 11 is 3.25. The Kier molecular flexibility index (Phi) is 2.31. The number of aromatic hydroxyl groups is 1. The van der Waals surface area contributed by atoms with E-state index in [2.05, 4.69) is 0 Å². The molecule has 2 aromatic rings. The van der Waals surface area contributed by atoms with E-state index in [1.54, 1.807) is 6.07 Å². The number of phenolic OH excluding ortho intramolecular Hbond substituents is 1. The molecule has 0 aliphatic heterocycles. The summed E-state index contributed by atoms with van der Waals surface area (Å²) in [4.78, 5) is 10.2. The number of phenols is 1. The van der Waals surface area contributed by atoms with Gasteiger partial charge in [-0.05, 0) is 34.7 Å². The van der Waals surface area contributed by atoms with E-state index in [-0.39, 0.29) is 11.4 Å². The molecule has 0 saturated heterocycles. The average molecular weight is 321 g/mol. The molecule has 4 nitrogen and oxygen atoms in total. The summed E-state index contributed by atoms with van der Waals surface area (Å²) in [5, 5.41) is 22.1. The van der Waals surface area contributed by atoms with Gasteiger partial charge in [-0.25, -0.2) is 0 Å². The van der Waals surface area contributed by atoms with Gasteiger partial charge in [0.1, 0.15) is 5.75 Å². The average Bonchev–Trinajstić information content (AvgIpc) is 2.55. The third kappa shape index (κ3) is 1.34. The lowest BCUT2D eigenvalue weighted by Gasteiger charge is -1.96. The first-order valence-electron chi connectivity index (χ1n) is 3.64. The maximum Gasteiger partial charge on any atom is 0.287 e. The largest absolute Gasteiger partial charge is 0.507 e. The number of fused-ring (bicyclic) bond motifs is 1. The van der Waals surface area contributed by atoms with Crippen LogP contribution in [0.3, 0.4) is 0 Å². The van der Waals surface area contributed by atoms with Crippen molar-refractivity contribution in [2.75, 3.05) is 0 Å². The van der Waals surface area contributed by atoms with Crippen LogP contribution in [0.15, 0.2) is 17.5 Å². The lowest BCUT2D eigenvalue weighted by molar-refractivity contribution is -0.382. The van der Waals surface area contributed by atoms with Gasteiger partial charge < -0.3 is 5.11 Å². The standard InChI is InChI=1S/C8H4INO3S/c9-7-6(11)2-1-4-5(10(12)13)3-14-8(4)7/h1-3,11H. The Labute approximate surface area is 96.5 Å². The van der Waals surface area contributed by atoms with Gasteiger partial charge in [-0.15, -0.1) is 11.3 Å². The molecule has 2 rings (SSSR count). The maximum atomic E-state index is 10.6. The Hall–Kier alpha value is -0.890. The van der Waals surface area contributed by atoms with Crippen LogP contribution in [0.25, 0.3) is 10.1 Å². The Morgan fingerprint density at radius 3 is 2.86 bits per heavy atom. The van der Waals surface area contributed by atoms with E-state index in [0.29, 0.717) is 8.96 Å². The first kappa shape index (κ1) is 9.66. The van der Waals surface area contributed by atoms with Crippen molar-refractivity contribution in [2.24, 2.45) is 0 Å². The minimum absolute atomic E-state index is 0.0999. The highest BCUT2D eigenvalue weighted by Gasteiger charge is 2.16. The lowest BCUT2D eigenvalue weighted by atomic mass is 10.2. The van der Waals surface area contributed by atoms with Crippen molar-refractivity contribution in [2.45, 2.75) is 0 Å². The van der Waals surface area contributed by atoms with Gasteiger partial charge in [-0.1, -0.05) is 0 Å². The zero-order valence-electron chi connectivity index (χ0n) is 6.73. The number of rotatable bonds is 1. The lowest BCUT2D eigenvalue weighted by Crippen LogP contribution is -1.85. The molecular weight excluding hydrogens is 317 g/mol. The molecule has 0 radical (unpaired) electrons. The molecule has 0 aliphatic rings. The number of benzene rings is 1. The molecule has 0 saturated carbocycles. The van der Waals surface area contributed by atoms with Gasteiger partial charge in [0, 0.05) is 0 Å². The topological polar surface area (TPSA) is 63.4 Å². The zero-order valence-corrected chi connectivity index (χ0v) is 9.70. The number of nitro groups is 1. The third-order valence-electron chi connectivity index (χ3n) is 1.84. The second-order valence-electron chi connectivity index (χ2n) is 2.65. The Balaban J connectivity index is 2.83. The van der Waals surface area contributed by atoms with Crippen molar-refractivity contribution in [1.29, 1.82) is 0 Å². The summed E-state index contributed by atoms with van der Waals surface area (Å²) < 4.78 is 1.43. The second-order valence-corrected chi connectivity index (χ2v) is 4.61. The van der Waals surface area contributed by atoms with Crippen LogP contribution in [0.2, 0.25) is 0 Å². The van der Waals surface area contributed by atoms with Crippen LogP contribution < -0.4 is 0 Å². The van der Waals surface area contributed by atoms with Crippen molar-refractivity contribution in [3.63, 3.8) is 0 Å². The number of thiophene rings is 1.